The van der Waals surface area contributed by atoms with Gasteiger partial charge in [0.25, 0.3) is 0 Å². The summed E-state index contributed by atoms with van der Waals surface area (Å²) in [5.41, 5.74) is 8.01. The molecule has 2 heteroatoms. The van der Waals surface area contributed by atoms with E-state index in [2.05, 4.69) is 140 Å². The molecule has 5 aromatic rings. The lowest BCUT2D eigenvalue weighted by molar-refractivity contribution is -0.576. The highest BCUT2D eigenvalue weighted by atomic mass is 15.1. The lowest BCUT2D eigenvalue weighted by atomic mass is 9.99. The first-order chi connectivity index (χ1) is 16.2. The molecule has 2 heterocycles. The summed E-state index contributed by atoms with van der Waals surface area (Å²) in [5, 5.41) is 0. The van der Waals surface area contributed by atoms with Crippen LogP contribution in [0.3, 0.4) is 0 Å². The summed E-state index contributed by atoms with van der Waals surface area (Å²) >= 11 is 0. The topological polar surface area (TPSA) is 16.8 Å². The summed E-state index contributed by atoms with van der Waals surface area (Å²) < 4.78 is 2.29. The number of hydrogen-bond donors (Lipinski definition) is 0. The summed E-state index contributed by atoms with van der Waals surface area (Å²) in [4.78, 5) is 5.08. The summed E-state index contributed by atoms with van der Waals surface area (Å²) in [5.74, 6) is 1.29. The molecule has 5 rings (SSSR count). The van der Waals surface area contributed by atoms with Gasteiger partial charge in [0.05, 0.1) is 0 Å². The third-order valence-electron chi connectivity index (χ3n) is 5.89. The summed E-state index contributed by atoms with van der Waals surface area (Å²) in [7, 11) is 0. The maximum Gasteiger partial charge on any atom is 0.328 e. The lowest BCUT2D eigenvalue weighted by Crippen LogP contribution is -2.37. The van der Waals surface area contributed by atoms with Crippen LogP contribution in [0.25, 0.3) is 39.5 Å². The maximum absolute atomic E-state index is 5.08. The van der Waals surface area contributed by atoms with Crippen molar-refractivity contribution in [3.05, 3.63) is 127 Å². The number of aromatic nitrogens is 2. The van der Waals surface area contributed by atoms with E-state index < -0.39 is 0 Å². The zero-order chi connectivity index (χ0) is 22.6. The number of benzene rings is 3. The summed E-state index contributed by atoms with van der Waals surface area (Å²) in [6, 6.07) is 42.6. The van der Waals surface area contributed by atoms with E-state index in [0.717, 1.165) is 34.0 Å². The molecule has 0 N–H and O–H groups in total. The Morgan fingerprint density at radius 2 is 1.00 bits per heavy atom. The van der Waals surface area contributed by atoms with E-state index in [1.54, 1.807) is 0 Å². The zero-order valence-electron chi connectivity index (χ0n) is 19.0. The Morgan fingerprint density at radius 3 is 1.48 bits per heavy atom. The molecule has 0 aliphatic carbocycles. The molecule has 0 saturated heterocycles. The van der Waals surface area contributed by atoms with Crippen molar-refractivity contribution in [2.45, 2.75) is 19.8 Å². The lowest BCUT2D eigenvalue weighted by Gasteiger charge is -2.15. The van der Waals surface area contributed by atoms with Crippen LogP contribution in [0.15, 0.2) is 121 Å². The average Bonchev–Trinajstić information content (AvgIpc) is 2.89. The third kappa shape index (κ3) is 4.33. The van der Waals surface area contributed by atoms with Crippen LogP contribution in [0.5, 0.6) is 0 Å². The standard InChI is InChI=1S/C31H27N2/c1-23(2)28-19-12-20-31(32-28)33-29(25-15-8-4-9-16-25)21-27(24-13-6-3-7-14-24)22-30(33)26-17-10-5-11-18-26/h3-23H,1-2H3/q+1. The molecule has 0 aliphatic rings. The van der Waals surface area contributed by atoms with Crippen molar-refractivity contribution in [1.29, 1.82) is 0 Å². The van der Waals surface area contributed by atoms with E-state index in [9.17, 15) is 0 Å². The van der Waals surface area contributed by atoms with Crippen molar-refractivity contribution in [3.8, 4) is 39.5 Å². The minimum Gasteiger partial charge on any atom is -0.188 e. The van der Waals surface area contributed by atoms with Gasteiger partial charge in [0.2, 0.25) is 0 Å². The Hall–Kier alpha value is -4.04. The molecule has 2 nitrogen and oxygen atoms in total. The van der Waals surface area contributed by atoms with Crippen molar-refractivity contribution in [3.63, 3.8) is 0 Å². The van der Waals surface area contributed by atoms with Crippen LogP contribution in [-0.2, 0) is 0 Å². The Balaban J connectivity index is 1.87. The fourth-order valence-corrected chi connectivity index (χ4v) is 4.17. The Labute approximate surface area is 195 Å². The highest BCUT2D eigenvalue weighted by molar-refractivity contribution is 5.74. The van der Waals surface area contributed by atoms with E-state index >= 15 is 0 Å². The zero-order valence-corrected chi connectivity index (χ0v) is 19.0. The smallest absolute Gasteiger partial charge is 0.188 e. The fourth-order valence-electron chi connectivity index (χ4n) is 4.17. The Kier molecular flexibility index (Phi) is 5.82. The van der Waals surface area contributed by atoms with Gasteiger partial charge in [-0.3, -0.25) is 0 Å². The number of pyridine rings is 2. The second kappa shape index (κ2) is 9.22. The van der Waals surface area contributed by atoms with Gasteiger partial charge >= 0.3 is 5.82 Å². The van der Waals surface area contributed by atoms with Gasteiger partial charge in [-0.15, -0.1) is 0 Å². The summed E-state index contributed by atoms with van der Waals surface area (Å²) in [6.07, 6.45) is 0. The summed E-state index contributed by atoms with van der Waals surface area (Å²) in [6.45, 7) is 4.37. The minimum atomic E-state index is 0.356. The van der Waals surface area contributed by atoms with Crippen LogP contribution in [-0.4, -0.2) is 4.98 Å². The molecule has 0 fully saturated rings. The molecule has 0 atom stereocenters. The first kappa shape index (κ1) is 20.8. The predicted octanol–water partition coefficient (Wildman–Crippen LogP) is 7.48. The molecule has 0 bridgehead atoms. The van der Waals surface area contributed by atoms with E-state index in [4.69, 9.17) is 4.98 Å². The van der Waals surface area contributed by atoms with Crippen LogP contribution in [0.2, 0.25) is 0 Å². The van der Waals surface area contributed by atoms with E-state index in [1.165, 1.54) is 11.1 Å². The van der Waals surface area contributed by atoms with Gasteiger partial charge in [-0.2, -0.15) is 4.57 Å². The van der Waals surface area contributed by atoms with Crippen molar-refractivity contribution in [2.75, 3.05) is 0 Å². The van der Waals surface area contributed by atoms with Crippen molar-refractivity contribution >= 4 is 0 Å². The van der Waals surface area contributed by atoms with Gasteiger partial charge in [0.1, 0.15) is 11.4 Å². The highest BCUT2D eigenvalue weighted by Gasteiger charge is 2.24. The quantitative estimate of drug-likeness (QED) is 0.266. The molecule has 0 spiro atoms. The van der Waals surface area contributed by atoms with Crippen LogP contribution < -0.4 is 4.57 Å². The maximum atomic E-state index is 5.08. The third-order valence-corrected chi connectivity index (χ3v) is 5.89. The van der Waals surface area contributed by atoms with E-state index in [0.29, 0.717) is 5.92 Å². The minimum absolute atomic E-state index is 0.356. The molecule has 33 heavy (non-hydrogen) atoms. The van der Waals surface area contributed by atoms with Crippen LogP contribution in [0.1, 0.15) is 25.5 Å². The first-order valence-electron chi connectivity index (χ1n) is 11.4. The number of hydrogen-bond acceptors (Lipinski definition) is 1. The first-order valence-corrected chi connectivity index (χ1v) is 11.4. The SMILES string of the molecule is CC(C)c1cccc(-[n+]2c(-c3ccccc3)cc(-c3ccccc3)cc2-c2ccccc2)n1. The molecule has 160 valence electrons. The second-order valence-electron chi connectivity index (χ2n) is 8.52. The molecular formula is C31H27N2+. The second-order valence-corrected chi connectivity index (χ2v) is 8.52. The van der Waals surface area contributed by atoms with Crippen molar-refractivity contribution in [1.82, 2.24) is 4.98 Å². The van der Waals surface area contributed by atoms with Crippen molar-refractivity contribution in [2.24, 2.45) is 0 Å². The van der Waals surface area contributed by atoms with E-state index in [1.807, 2.05) is 0 Å². The van der Waals surface area contributed by atoms with E-state index in [-0.39, 0.29) is 0 Å². The Morgan fingerprint density at radius 1 is 0.515 bits per heavy atom. The highest BCUT2D eigenvalue weighted by Crippen LogP contribution is 2.30. The molecule has 2 aromatic heterocycles. The average molecular weight is 428 g/mol. The Bertz CT molecular complexity index is 1300. The molecule has 0 amide bonds. The van der Waals surface area contributed by atoms with Gasteiger partial charge in [0, 0.05) is 23.1 Å². The molecule has 0 saturated carbocycles. The van der Waals surface area contributed by atoms with Crippen molar-refractivity contribution < 1.29 is 4.57 Å². The molecule has 3 aromatic carbocycles. The van der Waals surface area contributed by atoms with Gasteiger partial charge in [0.15, 0.2) is 5.69 Å². The molecular weight excluding hydrogens is 400 g/mol. The van der Waals surface area contributed by atoms with Gasteiger partial charge in [-0.25, -0.2) is 0 Å². The predicted molar refractivity (Wildman–Crippen MR) is 136 cm³/mol. The largest absolute Gasteiger partial charge is 0.328 e. The number of rotatable bonds is 5. The van der Waals surface area contributed by atoms with Gasteiger partial charge in [-0.1, -0.05) is 105 Å². The van der Waals surface area contributed by atoms with Crippen LogP contribution >= 0.6 is 0 Å². The molecule has 0 unspecified atom stereocenters. The fraction of sp³-hybridized carbons (Fsp3) is 0.0968. The molecule has 0 aliphatic heterocycles. The molecule has 0 radical (unpaired) electrons. The van der Waals surface area contributed by atoms with Crippen LogP contribution in [0.4, 0.5) is 0 Å². The van der Waals surface area contributed by atoms with Gasteiger partial charge in [-0.05, 0) is 40.4 Å². The van der Waals surface area contributed by atoms with Crippen LogP contribution in [0, 0.1) is 0 Å². The monoisotopic (exact) mass is 427 g/mol. The normalized spacial score (nSPS) is 11.0. The number of nitrogens with zero attached hydrogens (tertiary/aromatic N) is 2. The van der Waals surface area contributed by atoms with Gasteiger partial charge < -0.3 is 0 Å².